The van der Waals surface area contributed by atoms with E-state index in [4.69, 9.17) is 5.11 Å². The number of aliphatic carboxylic acids is 1. The Bertz CT molecular complexity index is 418. The van der Waals surface area contributed by atoms with E-state index in [1.165, 1.54) is 10.6 Å². The third kappa shape index (κ3) is 4.41. The number of likely N-dealkylation sites (N-methyl/N-ethyl adjacent to an activating group) is 1. The van der Waals surface area contributed by atoms with E-state index in [2.05, 4.69) is 10.2 Å². The van der Waals surface area contributed by atoms with Crippen LogP contribution >= 0.6 is 0 Å². The highest BCUT2D eigenvalue weighted by molar-refractivity contribution is 7.88. The molecule has 8 heteroatoms. The monoisotopic (exact) mass is 293 g/mol. The zero-order valence-electron chi connectivity index (χ0n) is 11.7. The minimum absolute atomic E-state index is 0.474. The summed E-state index contributed by atoms with van der Waals surface area (Å²) in [4.78, 5) is 13.2. The van der Waals surface area contributed by atoms with Crippen LogP contribution in [0.2, 0.25) is 0 Å². The first-order valence-corrected chi connectivity index (χ1v) is 8.13. The summed E-state index contributed by atoms with van der Waals surface area (Å²) in [5.74, 6) is -0.871. The van der Waals surface area contributed by atoms with E-state index < -0.39 is 21.5 Å². The zero-order valence-corrected chi connectivity index (χ0v) is 12.5. The van der Waals surface area contributed by atoms with Crippen molar-refractivity contribution in [1.82, 2.24) is 14.5 Å². The van der Waals surface area contributed by atoms with Gasteiger partial charge >= 0.3 is 5.97 Å². The maximum atomic E-state index is 11.4. The minimum Gasteiger partial charge on any atom is -0.480 e. The van der Waals surface area contributed by atoms with Crippen LogP contribution in [0.25, 0.3) is 0 Å². The molecule has 0 spiro atoms. The van der Waals surface area contributed by atoms with E-state index >= 15 is 0 Å². The minimum atomic E-state index is -3.11. The molecule has 1 atom stereocenters. The van der Waals surface area contributed by atoms with Crippen molar-refractivity contribution in [3.05, 3.63) is 0 Å². The van der Waals surface area contributed by atoms with Crippen molar-refractivity contribution >= 4 is 16.0 Å². The molecule has 112 valence electrons. The van der Waals surface area contributed by atoms with E-state index in [-0.39, 0.29) is 0 Å². The van der Waals surface area contributed by atoms with Crippen molar-refractivity contribution in [3.63, 3.8) is 0 Å². The number of carboxylic acids is 1. The maximum absolute atomic E-state index is 11.4. The van der Waals surface area contributed by atoms with Crippen molar-refractivity contribution < 1.29 is 18.3 Å². The molecule has 0 aromatic heterocycles. The summed E-state index contributed by atoms with van der Waals surface area (Å²) in [6, 6.07) is 0. The molecule has 1 unspecified atom stereocenters. The molecule has 1 saturated heterocycles. The summed E-state index contributed by atoms with van der Waals surface area (Å²) in [5, 5.41) is 12.0. The molecule has 1 rings (SSSR count). The van der Waals surface area contributed by atoms with Gasteiger partial charge in [0.1, 0.15) is 5.54 Å². The number of hydrogen-bond donors (Lipinski definition) is 2. The molecule has 1 aliphatic rings. The molecule has 0 radical (unpaired) electrons. The van der Waals surface area contributed by atoms with Crippen molar-refractivity contribution in [2.24, 2.45) is 0 Å². The molecule has 1 fully saturated rings. The summed E-state index contributed by atoms with van der Waals surface area (Å²) in [7, 11) is -1.48. The van der Waals surface area contributed by atoms with Crippen molar-refractivity contribution in [1.29, 1.82) is 0 Å². The number of hydrogen-bond acceptors (Lipinski definition) is 5. The first kappa shape index (κ1) is 16.4. The molecule has 0 aromatic rings. The second kappa shape index (κ2) is 6.17. The zero-order chi connectivity index (χ0) is 14.7. The van der Waals surface area contributed by atoms with Gasteiger partial charge in [-0.2, -0.15) is 4.31 Å². The van der Waals surface area contributed by atoms with E-state index in [9.17, 15) is 13.2 Å². The quantitative estimate of drug-likeness (QED) is 0.654. The lowest BCUT2D eigenvalue weighted by Gasteiger charge is -2.35. The van der Waals surface area contributed by atoms with E-state index in [1.807, 2.05) is 0 Å². The highest BCUT2D eigenvalue weighted by atomic mass is 32.2. The van der Waals surface area contributed by atoms with E-state index in [0.29, 0.717) is 39.1 Å². The maximum Gasteiger partial charge on any atom is 0.323 e. The Hall–Kier alpha value is -0.700. The number of carboxylic acid groups (broad SMARTS) is 1. The second-order valence-corrected chi connectivity index (χ2v) is 7.12. The lowest BCUT2D eigenvalue weighted by Crippen LogP contribution is -2.52. The van der Waals surface area contributed by atoms with Gasteiger partial charge in [-0.15, -0.1) is 0 Å². The Kier molecular flexibility index (Phi) is 5.31. The van der Waals surface area contributed by atoms with Gasteiger partial charge in [0.05, 0.1) is 6.26 Å². The van der Waals surface area contributed by atoms with Gasteiger partial charge in [0.2, 0.25) is 10.0 Å². The van der Waals surface area contributed by atoms with Crippen LogP contribution in [0.3, 0.4) is 0 Å². The van der Waals surface area contributed by atoms with Gasteiger partial charge in [0.25, 0.3) is 0 Å². The third-order valence-electron chi connectivity index (χ3n) is 3.75. The molecule has 0 amide bonds. The lowest BCUT2D eigenvalue weighted by molar-refractivity contribution is -0.144. The number of nitrogens with one attached hydrogen (secondary N) is 1. The van der Waals surface area contributed by atoms with Crippen LogP contribution < -0.4 is 5.32 Å². The summed E-state index contributed by atoms with van der Waals surface area (Å²) >= 11 is 0. The fraction of sp³-hybridized carbons (Fsp3) is 0.909. The molecule has 2 N–H and O–H groups in total. The molecular weight excluding hydrogens is 270 g/mol. The van der Waals surface area contributed by atoms with Crippen LogP contribution in [0.4, 0.5) is 0 Å². The molecule has 0 aliphatic carbocycles. The normalized spacial score (nSPS) is 22.1. The highest BCUT2D eigenvalue weighted by Crippen LogP contribution is 2.12. The average Bonchev–Trinajstić information content (AvgIpc) is 2.35. The van der Waals surface area contributed by atoms with Gasteiger partial charge in [0.15, 0.2) is 0 Å². The van der Waals surface area contributed by atoms with Crippen LogP contribution in [0.1, 0.15) is 13.3 Å². The van der Waals surface area contributed by atoms with Crippen molar-refractivity contribution in [3.8, 4) is 0 Å². The number of piperazine rings is 1. The van der Waals surface area contributed by atoms with Crippen LogP contribution in [0, 0.1) is 0 Å². The van der Waals surface area contributed by atoms with Gasteiger partial charge in [-0.3, -0.25) is 4.79 Å². The van der Waals surface area contributed by atoms with Gasteiger partial charge in [-0.05, 0) is 20.4 Å². The van der Waals surface area contributed by atoms with Gasteiger partial charge in [-0.1, -0.05) is 0 Å². The number of nitrogens with zero attached hydrogens (tertiary/aromatic N) is 2. The molecule has 7 nitrogen and oxygen atoms in total. The van der Waals surface area contributed by atoms with Gasteiger partial charge in [-0.25, -0.2) is 8.42 Å². The van der Waals surface area contributed by atoms with Crippen molar-refractivity contribution in [2.45, 2.75) is 18.9 Å². The van der Waals surface area contributed by atoms with E-state index in [0.717, 1.165) is 0 Å². The summed E-state index contributed by atoms with van der Waals surface area (Å²) < 4.78 is 24.2. The fourth-order valence-electron chi connectivity index (χ4n) is 2.01. The lowest BCUT2D eigenvalue weighted by atomic mass is 9.98. The fourth-order valence-corrected chi connectivity index (χ4v) is 2.83. The van der Waals surface area contributed by atoms with Gasteiger partial charge < -0.3 is 15.3 Å². The SMILES string of the molecule is CNC(C)(CCN1CCN(S(C)(=O)=O)CC1)C(=O)O. The number of sulfonamides is 1. The molecular formula is C11H23N3O4S. The predicted octanol–water partition coefficient (Wildman–Crippen LogP) is -0.984. The Balaban J connectivity index is 2.44. The average molecular weight is 293 g/mol. The largest absolute Gasteiger partial charge is 0.480 e. The number of carbonyl (C=O) groups is 1. The standard InChI is InChI=1S/C11H23N3O4S/c1-11(12-2,10(15)16)4-5-13-6-8-14(9-7-13)19(3,17)18/h12H,4-9H2,1-3H3,(H,15,16). The summed E-state index contributed by atoms with van der Waals surface area (Å²) in [6.45, 7) is 4.53. The smallest absolute Gasteiger partial charge is 0.323 e. The Morgan fingerprint density at radius 3 is 2.21 bits per heavy atom. The molecule has 19 heavy (non-hydrogen) atoms. The molecule has 1 heterocycles. The molecule has 0 aromatic carbocycles. The van der Waals surface area contributed by atoms with Crippen LogP contribution in [0.5, 0.6) is 0 Å². The first-order valence-electron chi connectivity index (χ1n) is 6.29. The van der Waals surface area contributed by atoms with Crippen molar-refractivity contribution in [2.75, 3.05) is 46.0 Å². The Morgan fingerprint density at radius 2 is 1.84 bits per heavy atom. The Morgan fingerprint density at radius 1 is 1.32 bits per heavy atom. The van der Waals surface area contributed by atoms with Gasteiger partial charge in [0, 0.05) is 32.7 Å². The predicted molar refractivity (Wildman–Crippen MR) is 72.6 cm³/mol. The highest BCUT2D eigenvalue weighted by Gasteiger charge is 2.32. The topological polar surface area (TPSA) is 90.0 Å². The summed E-state index contributed by atoms with van der Waals surface area (Å²) in [6.07, 6.45) is 1.70. The third-order valence-corrected chi connectivity index (χ3v) is 5.06. The Labute approximate surface area is 114 Å². The molecule has 0 saturated carbocycles. The second-order valence-electron chi connectivity index (χ2n) is 5.14. The first-order chi connectivity index (χ1) is 8.69. The molecule has 0 bridgehead atoms. The van der Waals surface area contributed by atoms with Crippen LogP contribution in [-0.4, -0.2) is 80.3 Å². The number of rotatable bonds is 6. The summed E-state index contributed by atoms with van der Waals surface area (Å²) in [5.41, 5.74) is -0.937. The molecule has 1 aliphatic heterocycles. The van der Waals surface area contributed by atoms with E-state index in [1.54, 1.807) is 14.0 Å². The van der Waals surface area contributed by atoms with Crippen LogP contribution in [-0.2, 0) is 14.8 Å². The van der Waals surface area contributed by atoms with Crippen LogP contribution in [0.15, 0.2) is 0 Å².